The van der Waals surface area contributed by atoms with Crippen molar-refractivity contribution in [3.05, 3.63) is 34.4 Å². The Morgan fingerprint density at radius 2 is 2.00 bits per heavy atom. The van der Waals surface area contributed by atoms with Crippen molar-refractivity contribution in [3.8, 4) is 5.75 Å². The van der Waals surface area contributed by atoms with E-state index in [2.05, 4.69) is 5.32 Å². The highest BCUT2D eigenvalue weighted by Crippen LogP contribution is 2.16. The van der Waals surface area contributed by atoms with Crippen LogP contribution in [0.4, 0.5) is 5.69 Å². The summed E-state index contributed by atoms with van der Waals surface area (Å²) in [6, 6.07) is 5.91. The number of hydrogen-bond donors (Lipinski definition) is 1. The van der Waals surface area contributed by atoms with Gasteiger partial charge in [0.05, 0.1) is 12.0 Å². The molecule has 16 heavy (non-hydrogen) atoms. The molecule has 0 bridgehead atoms. The molecule has 0 saturated carbocycles. The summed E-state index contributed by atoms with van der Waals surface area (Å²) >= 11 is 5.24. The Hall–Kier alpha value is -1.33. The van der Waals surface area contributed by atoms with Gasteiger partial charge in [0.1, 0.15) is 5.75 Å². The molecule has 0 amide bonds. The molecule has 0 aromatic heterocycles. The average Bonchev–Trinajstić information content (AvgIpc) is 2.31. The predicted octanol–water partition coefficient (Wildman–Crippen LogP) is 2.05. The number of halogens is 1. The van der Waals surface area contributed by atoms with Gasteiger partial charge in [0.2, 0.25) is 0 Å². The molecule has 1 aromatic rings. The van der Waals surface area contributed by atoms with E-state index in [9.17, 15) is 10.1 Å². The summed E-state index contributed by atoms with van der Waals surface area (Å²) in [5.41, 5.74) is 0.0748. The predicted molar refractivity (Wildman–Crippen MR) is 64.3 cm³/mol. The summed E-state index contributed by atoms with van der Waals surface area (Å²) in [5, 5.41) is 13.1. The zero-order chi connectivity index (χ0) is 12.4. The quantitative estimate of drug-likeness (QED) is 0.502. The van der Waals surface area contributed by atoms with Crippen LogP contribution in [-0.2, 0) is 0 Å². The van der Waals surface area contributed by atoms with Gasteiger partial charge in [-0.15, -0.1) is 11.6 Å². The Bertz CT molecular complexity index is 301. The molecule has 6 heteroatoms. The zero-order valence-corrected chi connectivity index (χ0v) is 10.0. The molecule has 90 valence electrons. The highest BCUT2D eigenvalue weighted by molar-refractivity contribution is 6.18. The lowest BCUT2D eigenvalue weighted by Crippen LogP contribution is -2.07. The lowest BCUT2D eigenvalue weighted by atomic mass is 10.3. The van der Waals surface area contributed by atoms with Gasteiger partial charge in [0.25, 0.3) is 5.69 Å². The van der Waals surface area contributed by atoms with Crippen LogP contribution in [0.2, 0.25) is 0 Å². The van der Waals surface area contributed by atoms with Gasteiger partial charge < -0.3 is 10.1 Å². The Morgan fingerprint density at radius 3 is 2.25 bits per heavy atom. The van der Waals surface area contributed by atoms with E-state index in [1.54, 1.807) is 12.1 Å². The third-order valence-corrected chi connectivity index (χ3v) is 1.82. The first kappa shape index (κ1) is 14.7. The van der Waals surface area contributed by atoms with Crippen molar-refractivity contribution in [1.82, 2.24) is 5.32 Å². The standard InChI is InChI=1S/C7H7NO3.C3H8ClN/c1-11-7-4-2-6(3-5-7)8(9)10;1-5-3-2-4/h2-5H,1H3;5H,2-3H2,1H3. The molecule has 1 rings (SSSR count). The van der Waals surface area contributed by atoms with Gasteiger partial charge in [-0.1, -0.05) is 0 Å². The molecular weight excluding hydrogens is 232 g/mol. The highest BCUT2D eigenvalue weighted by atomic mass is 35.5. The first-order chi connectivity index (χ1) is 7.65. The summed E-state index contributed by atoms with van der Waals surface area (Å²) in [5.74, 6) is 1.33. The Kier molecular flexibility index (Phi) is 8.19. The number of hydrogen-bond acceptors (Lipinski definition) is 4. The average molecular weight is 247 g/mol. The molecule has 5 nitrogen and oxygen atoms in total. The van der Waals surface area contributed by atoms with Crippen molar-refractivity contribution < 1.29 is 9.66 Å². The SMILES string of the molecule is CNCCCl.COc1ccc([N+](=O)[O-])cc1. The zero-order valence-electron chi connectivity index (χ0n) is 9.27. The minimum Gasteiger partial charge on any atom is -0.497 e. The maximum atomic E-state index is 10.2. The summed E-state index contributed by atoms with van der Waals surface area (Å²) in [6.45, 7) is 0.904. The van der Waals surface area contributed by atoms with Gasteiger partial charge in [-0.05, 0) is 19.2 Å². The number of methoxy groups -OCH3 is 1. The molecule has 0 aliphatic carbocycles. The van der Waals surface area contributed by atoms with Gasteiger partial charge in [-0.3, -0.25) is 10.1 Å². The monoisotopic (exact) mass is 246 g/mol. The second kappa shape index (κ2) is 8.94. The number of nitrogens with zero attached hydrogens (tertiary/aromatic N) is 1. The highest BCUT2D eigenvalue weighted by Gasteiger charge is 2.02. The summed E-state index contributed by atoms with van der Waals surface area (Å²) in [4.78, 5) is 9.72. The van der Waals surface area contributed by atoms with E-state index in [0.717, 1.165) is 6.54 Å². The van der Waals surface area contributed by atoms with Gasteiger partial charge in [-0.2, -0.15) is 0 Å². The fourth-order valence-corrected chi connectivity index (χ4v) is 0.987. The van der Waals surface area contributed by atoms with Crippen LogP contribution in [-0.4, -0.2) is 31.5 Å². The van der Waals surface area contributed by atoms with Crippen LogP contribution in [0.25, 0.3) is 0 Å². The maximum absolute atomic E-state index is 10.2. The molecule has 1 aromatic carbocycles. The number of nitro groups is 1. The van der Waals surface area contributed by atoms with Crippen LogP contribution in [0.3, 0.4) is 0 Å². The van der Waals surface area contributed by atoms with E-state index in [0.29, 0.717) is 11.6 Å². The number of benzene rings is 1. The minimum absolute atomic E-state index is 0.0748. The number of rotatable bonds is 4. The Balaban J connectivity index is 0.000000385. The van der Waals surface area contributed by atoms with E-state index in [1.807, 2.05) is 7.05 Å². The molecule has 0 unspecified atom stereocenters. The largest absolute Gasteiger partial charge is 0.497 e. The molecule has 0 radical (unpaired) electrons. The molecule has 0 aliphatic rings. The van der Waals surface area contributed by atoms with Crippen molar-refractivity contribution in [2.75, 3.05) is 26.6 Å². The smallest absolute Gasteiger partial charge is 0.269 e. The van der Waals surface area contributed by atoms with E-state index in [-0.39, 0.29) is 5.69 Å². The molecule has 0 spiro atoms. The number of non-ortho nitro benzene ring substituents is 1. The molecule has 0 fully saturated rings. The molecule has 1 N–H and O–H groups in total. The number of nitrogens with one attached hydrogen (secondary N) is 1. The first-order valence-electron chi connectivity index (χ1n) is 4.64. The second-order valence-electron chi connectivity index (χ2n) is 2.75. The lowest BCUT2D eigenvalue weighted by Gasteiger charge is -1.96. The normalized spacial score (nSPS) is 8.94. The second-order valence-corrected chi connectivity index (χ2v) is 3.13. The van der Waals surface area contributed by atoms with Crippen LogP contribution < -0.4 is 10.1 Å². The summed E-state index contributed by atoms with van der Waals surface area (Å²) < 4.78 is 4.83. The van der Waals surface area contributed by atoms with Gasteiger partial charge in [0.15, 0.2) is 0 Å². The third kappa shape index (κ3) is 6.21. The molecule has 0 saturated heterocycles. The van der Waals surface area contributed by atoms with Crippen LogP contribution in [0, 0.1) is 10.1 Å². The third-order valence-electron chi connectivity index (χ3n) is 1.63. The van der Waals surface area contributed by atoms with Crippen LogP contribution in [0.15, 0.2) is 24.3 Å². The first-order valence-corrected chi connectivity index (χ1v) is 5.18. The van der Waals surface area contributed by atoms with Crippen molar-refractivity contribution in [2.24, 2.45) is 0 Å². The number of nitro benzene ring substituents is 1. The summed E-state index contributed by atoms with van der Waals surface area (Å²) in [6.07, 6.45) is 0. The summed E-state index contributed by atoms with van der Waals surface area (Å²) in [7, 11) is 3.39. The topological polar surface area (TPSA) is 64.4 Å². The van der Waals surface area contributed by atoms with E-state index in [1.165, 1.54) is 19.2 Å². The van der Waals surface area contributed by atoms with Gasteiger partial charge in [0, 0.05) is 24.6 Å². The van der Waals surface area contributed by atoms with Gasteiger partial charge >= 0.3 is 0 Å². The van der Waals surface area contributed by atoms with Crippen LogP contribution >= 0.6 is 11.6 Å². The number of alkyl halides is 1. The van der Waals surface area contributed by atoms with Crippen molar-refractivity contribution in [1.29, 1.82) is 0 Å². The molecule has 0 atom stereocenters. The van der Waals surface area contributed by atoms with Gasteiger partial charge in [-0.25, -0.2) is 0 Å². The lowest BCUT2D eigenvalue weighted by molar-refractivity contribution is -0.384. The Morgan fingerprint density at radius 1 is 1.44 bits per heavy atom. The Labute approximate surface area is 99.5 Å². The number of ether oxygens (including phenoxy) is 1. The molecule has 0 heterocycles. The fourth-order valence-electron chi connectivity index (χ4n) is 0.798. The van der Waals surface area contributed by atoms with Crippen molar-refractivity contribution >= 4 is 17.3 Å². The van der Waals surface area contributed by atoms with Crippen molar-refractivity contribution in [2.45, 2.75) is 0 Å². The van der Waals surface area contributed by atoms with E-state index in [4.69, 9.17) is 16.3 Å². The fraction of sp³-hybridized carbons (Fsp3) is 0.400. The van der Waals surface area contributed by atoms with Crippen molar-refractivity contribution in [3.63, 3.8) is 0 Å². The van der Waals surface area contributed by atoms with E-state index < -0.39 is 4.92 Å². The molecule has 0 aliphatic heterocycles. The minimum atomic E-state index is -0.445. The molecular formula is C10H15ClN2O3. The van der Waals surface area contributed by atoms with Crippen LogP contribution in [0.5, 0.6) is 5.75 Å². The maximum Gasteiger partial charge on any atom is 0.269 e. The van der Waals surface area contributed by atoms with E-state index >= 15 is 0 Å². The van der Waals surface area contributed by atoms with Crippen LogP contribution in [0.1, 0.15) is 0 Å².